The monoisotopic (exact) mass is 342 g/mol. The van der Waals surface area contributed by atoms with E-state index in [0.717, 1.165) is 0 Å². The largest absolute Gasteiger partial charge is 0.343 e. The lowest BCUT2D eigenvalue weighted by Crippen LogP contribution is -2.64. The molecule has 4 nitrogen and oxygen atoms in total. The lowest BCUT2D eigenvalue weighted by molar-refractivity contribution is -0.134. The summed E-state index contributed by atoms with van der Waals surface area (Å²) in [6.07, 6.45) is 0. The maximum Gasteiger partial charge on any atom is 0.250 e. The van der Waals surface area contributed by atoms with Crippen molar-refractivity contribution < 1.29 is 14.0 Å². The molecule has 2 amide bonds. The molecule has 1 aromatic rings. The molecule has 0 aliphatic carbocycles. The van der Waals surface area contributed by atoms with Gasteiger partial charge in [-0.3, -0.25) is 14.5 Å². The first kappa shape index (κ1) is 15.0. The first-order valence-corrected chi connectivity index (χ1v) is 7.20. The normalized spacial score (nSPS) is 23.2. The Morgan fingerprint density at radius 2 is 2.00 bits per heavy atom. The second-order valence-electron chi connectivity index (χ2n) is 5.23. The molecule has 1 heterocycles. The highest BCUT2D eigenvalue weighted by Crippen LogP contribution is 2.29. The third kappa shape index (κ3) is 2.57. The van der Waals surface area contributed by atoms with E-state index in [9.17, 15) is 14.0 Å². The Bertz CT molecular complexity index is 562. The topological polar surface area (TPSA) is 49.4 Å². The number of nitrogens with one attached hydrogen (secondary N) is 1. The van der Waals surface area contributed by atoms with E-state index in [-0.39, 0.29) is 22.2 Å². The van der Waals surface area contributed by atoms with Gasteiger partial charge in [-0.2, -0.15) is 0 Å². The number of halogens is 2. The van der Waals surface area contributed by atoms with Crippen LogP contribution in [0.3, 0.4) is 0 Å². The van der Waals surface area contributed by atoms with Gasteiger partial charge in [0.05, 0.1) is 4.47 Å². The number of carbonyl (C=O) groups excluding carboxylic acids is 2. The standard InChI is InChI=1S/C14H16BrFN2O2/c1-7(2)12-13(19)17-8(3)14(20)18(12)9-4-5-11(16)10(15)6-9/h4-8,12H,1-3H3,(H,17,19). The fourth-order valence-electron chi connectivity index (χ4n) is 2.35. The van der Waals surface area contributed by atoms with Crippen LogP contribution >= 0.6 is 15.9 Å². The molecule has 20 heavy (non-hydrogen) atoms. The first-order chi connectivity index (χ1) is 9.32. The molecule has 1 saturated heterocycles. The van der Waals surface area contributed by atoms with E-state index in [4.69, 9.17) is 0 Å². The van der Waals surface area contributed by atoms with Crippen LogP contribution in [0.25, 0.3) is 0 Å². The Morgan fingerprint density at radius 3 is 2.55 bits per heavy atom. The summed E-state index contributed by atoms with van der Waals surface area (Å²) < 4.78 is 13.6. The minimum absolute atomic E-state index is 0.0460. The number of rotatable bonds is 2. The Hall–Kier alpha value is -1.43. The number of hydrogen-bond donors (Lipinski definition) is 1. The van der Waals surface area contributed by atoms with Gasteiger partial charge in [0.1, 0.15) is 17.9 Å². The van der Waals surface area contributed by atoms with E-state index in [2.05, 4.69) is 21.2 Å². The summed E-state index contributed by atoms with van der Waals surface area (Å²) in [5.74, 6) is -0.832. The van der Waals surface area contributed by atoms with Crippen LogP contribution in [0.15, 0.2) is 22.7 Å². The van der Waals surface area contributed by atoms with Crippen LogP contribution in [0, 0.1) is 11.7 Å². The van der Waals surface area contributed by atoms with Crippen molar-refractivity contribution in [3.05, 3.63) is 28.5 Å². The summed E-state index contributed by atoms with van der Waals surface area (Å²) in [5.41, 5.74) is 0.517. The quantitative estimate of drug-likeness (QED) is 0.897. The average molecular weight is 343 g/mol. The summed E-state index contributed by atoms with van der Waals surface area (Å²) in [6.45, 7) is 5.39. The molecular formula is C14H16BrFN2O2. The zero-order valence-electron chi connectivity index (χ0n) is 11.5. The van der Waals surface area contributed by atoms with Gasteiger partial charge in [0.15, 0.2) is 0 Å². The number of carbonyl (C=O) groups is 2. The highest BCUT2D eigenvalue weighted by Gasteiger charge is 2.41. The maximum atomic E-state index is 13.3. The van der Waals surface area contributed by atoms with Gasteiger partial charge >= 0.3 is 0 Å². The summed E-state index contributed by atoms with van der Waals surface area (Å²) in [6, 6.07) is 3.14. The van der Waals surface area contributed by atoms with Crippen molar-refractivity contribution in [3.8, 4) is 0 Å². The molecule has 0 aromatic heterocycles. The van der Waals surface area contributed by atoms with Crippen molar-refractivity contribution in [2.45, 2.75) is 32.9 Å². The number of piperazine rings is 1. The maximum absolute atomic E-state index is 13.3. The predicted octanol–water partition coefficient (Wildman–Crippen LogP) is 2.46. The minimum Gasteiger partial charge on any atom is -0.343 e. The SMILES string of the molecule is CC1NC(=O)C(C(C)C)N(c2ccc(F)c(Br)c2)C1=O. The van der Waals surface area contributed by atoms with Crippen molar-refractivity contribution in [1.82, 2.24) is 5.32 Å². The van der Waals surface area contributed by atoms with Crippen LogP contribution in [0.4, 0.5) is 10.1 Å². The molecule has 2 atom stereocenters. The molecule has 2 rings (SSSR count). The van der Waals surface area contributed by atoms with Gasteiger partial charge in [-0.05, 0) is 47.0 Å². The fourth-order valence-corrected chi connectivity index (χ4v) is 2.71. The molecule has 1 aromatic carbocycles. The average Bonchev–Trinajstić information content (AvgIpc) is 2.36. The lowest BCUT2D eigenvalue weighted by Gasteiger charge is -2.39. The third-order valence-electron chi connectivity index (χ3n) is 3.33. The van der Waals surface area contributed by atoms with Crippen LogP contribution < -0.4 is 10.2 Å². The van der Waals surface area contributed by atoms with Gasteiger partial charge in [0.25, 0.3) is 0 Å². The summed E-state index contributed by atoms with van der Waals surface area (Å²) in [7, 11) is 0. The summed E-state index contributed by atoms with van der Waals surface area (Å²) in [5, 5.41) is 2.67. The molecule has 6 heteroatoms. The lowest BCUT2D eigenvalue weighted by atomic mass is 9.96. The Balaban J connectivity index is 2.49. The molecule has 2 unspecified atom stereocenters. The zero-order valence-corrected chi connectivity index (χ0v) is 13.1. The van der Waals surface area contributed by atoms with Gasteiger partial charge in [-0.15, -0.1) is 0 Å². The number of benzene rings is 1. The smallest absolute Gasteiger partial charge is 0.250 e. The van der Waals surface area contributed by atoms with E-state index in [1.165, 1.54) is 23.1 Å². The van der Waals surface area contributed by atoms with Gasteiger partial charge < -0.3 is 5.32 Å². The van der Waals surface area contributed by atoms with Crippen LogP contribution in [-0.4, -0.2) is 23.9 Å². The molecule has 0 saturated carbocycles. The zero-order chi connectivity index (χ0) is 15.0. The molecule has 0 radical (unpaired) electrons. The number of anilines is 1. The fraction of sp³-hybridized carbons (Fsp3) is 0.429. The highest BCUT2D eigenvalue weighted by atomic mass is 79.9. The second kappa shape index (κ2) is 5.52. The second-order valence-corrected chi connectivity index (χ2v) is 6.08. The first-order valence-electron chi connectivity index (χ1n) is 6.41. The van der Waals surface area contributed by atoms with E-state index in [0.29, 0.717) is 5.69 Å². The summed E-state index contributed by atoms with van der Waals surface area (Å²) >= 11 is 3.11. The van der Waals surface area contributed by atoms with Gasteiger partial charge in [0.2, 0.25) is 11.8 Å². The molecule has 1 aliphatic heterocycles. The van der Waals surface area contributed by atoms with Gasteiger partial charge in [0, 0.05) is 5.69 Å². The Labute approximate surface area is 125 Å². The summed E-state index contributed by atoms with van der Waals surface area (Å²) in [4.78, 5) is 26.0. The Kier molecular flexibility index (Phi) is 4.13. The number of hydrogen-bond acceptors (Lipinski definition) is 2. The molecule has 108 valence electrons. The van der Waals surface area contributed by atoms with Crippen LogP contribution in [0.1, 0.15) is 20.8 Å². The number of nitrogens with zero attached hydrogens (tertiary/aromatic N) is 1. The number of amides is 2. The van der Waals surface area contributed by atoms with Crippen molar-refractivity contribution in [2.24, 2.45) is 5.92 Å². The van der Waals surface area contributed by atoms with E-state index < -0.39 is 17.9 Å². The van der Waals surface area contributed by atoms with E-state index >= 15 is 0 Å². The molecule has 0 spiro atoms. The highest BCUT2D eigenvalue weighted by molar-refractivity contribution is 9.10. The van der Waals surface area contributed by atoms with E-state index in [1.807, 2.05) is 13.8 Å². The predicted molar refractivity (Wildman–Crippen MR) is 77.8 cm³/mol. The molecule has 1 N–H and O–H groups in total. The van der Waals surface area contributed by atoms with Crippen LogP contribution in [0.5, 0.6) is 0 Å². The van der Waals surface area contributed by atoms with Gasteiger partial charge in [-0.1, -0.05) is 13.8 Å². The van der Waals surface area contributed by atoms with Crippen molar-refractivity contribution in [3.63, 3.8) is 0 Å². The van der Waals surface area contributed by atoms with Crippen molar-refractivity contribution >= 4 is 33.4 Å². The van der Waals surface area contributed by atoms with Crippen LogP contribution in [0.2, 0.25) is 0 Å². The molecular weight excluding hydrogens is 327 g/mol. The molecule has 1 fully saturated rings. The van der Waals surface area contributed by atoms with E-state index in [1.54, 1.807) is 6.92 Å². The Morgan fingerprint density at radius 1 is 1.35 bits per heavy atom. The van der Waals surface area contributed by atoms with Crippen molar-refractivity contribution in [2.75, 3.05) is 4.90 Å². The van der Waals surface area contributed by atoms with Gasteiger partial charge in [-0.25, -0.2) is 4.39 Å². The van der Waals surface area contributed by atoms with Crippen LogP contribution in [-0.2, 0) is 9.59 Å². The minimum atomic E-state index is -0.587. The molecule has 0 bridgehead atoms. The molecule has 1 aliphatic rings. The van der Waals surface area contributed by atoms with Crippen molar-refractivity contribution in [1.29, 1.82) is 0 Å². The third-order valence-corrected chi connectivity index (χ3v) is 3.93.